The molecule has 6 aliphatic carbocycles. The second-order valence-electron chi connectivity index (χ2n) is 8.80. The number of hydrogen-bond acceptors (Lipinski definition) is 4. The zero-order chi connectivity index (χ0) is 15.2. The summed E-state index contributed by atoms with van der Waals surface area (Å²) in [5.74, 6) is 3.01. The quantitative estimate of drug-likeness (QED) is 0.702. The summed E-state index contributed by atoms with van der Waals surface area (Å²) in [5.41, 5.74) is 0.250. The normalized spacial score (nSPS) is 63.4. The van der Waals surface area contributed by atoms with Crippen LogP contribution in [0, 0.1) is 40.9 Å². The van der Waals surface area contributed by atoms with Gasteiger partial charge in [-0.05, 0) is 30.1 Å². The molecule has 0 unspecified atom stereocenters. The van der Waals surface area contributed by atoms with Gasteiger partial charge in [-0.25, -0.2) is 0 Å². The van der Waals surface area contributed by atoms with Crippen LogP contribution in [-0.2, 0) is 18.9 Å². The zero-order valence-electron chi connectivity index (χ0n) is 13.4. The number of alkyl halides is 1. The summed E-state index contributed by atoms with van der Waals surface area (Å²) in [4.78, 5) is 0. The molecule has 0 radical (unpaired) electrons. The maximum atomic E-state index is 6.48. The summed E-state index contributed by atoms with van der Waals surface area (Å²) in [5, 5.41) is 0. The van der Waals surface area contributed by atoms with E-state index in [0.29, 0.717) is 23.7 Å². The van der Waals surface area contributed by atoms with Gasteiger partial charge in [-0.2, -0.15) is 0 Å². The van der Waals surface area contributed by atoms with Crippen molar-refractivity contribution in [3.05, 3.63) is 0 Å². The van der Waals surface area contributed by atoms with E-state index in [-0.39, 0.29) is 21.3 Å². The van der Waals surface area contributed by atoms with Crippen molar-refractivity contribution in [3.8, 4) is 0 Å². The van der Waals surface area contributed by atoms with Crippen LogP contribution in [0.15, 0.2) is 0 Å². The molecule has 2 spiro atoms. The standard InChI is InChI=1S/C18H23BrO4/c1-2-3-4-15-9-11-10(15)13-14(17(15)20-5-6-21-17)12(9)16(11,19)18(13)22-7-8-23-18/h9-14H,2-8H2,1H3/t9-,10+,11+,12+,13+,14+,15+,16-/m0/s1. The fourth-order valence-electron chi connectivity index (χ4n) is 9.02. The molecule has 5 heteroatoms. The second kappa shape index (κ2) is 3.57. The highest BCUT2D eigenvalue weighted by atomic mass is 79.9. The smallest absolute Gasteiger partial charge is 0.187 e. The van der Waals surface area contributed by atoms with Gasteiger partial charge in [-0.3, -0.25) is 0 Å². The number of ether oxygens (including phenoxy) is 4. The molecule has 0 aromatic carbocycles. The van der Waals surface area contributed by atoms with Gasteiger partial charge in [0.15, 0.2) is 11.6 Å². The van der Waals surface area contributed by atoms with Gasteiger partial charge in [0.1, 0.15) is 0 Å². The van der Waals surface area contributed by atoms with Crippen LogP contribution < -0.4 is 0 Å². The monoisotopic (exact) mass is 382 g/mol. The Morgan fingerprint density at radius 1 is 0.783 bits per heavy atom. The van der Waals surface area contributed by atoms with E-state index in [9.17, 15) is 0 Å². The van der Waals surface area contributed by atoms with Crippen molar-refractivity contribution in [2.75, 3.05) is 26.4 Å². The van der Waals surface area contributed by atoms with Crippen molar-refractivity contribution in [2.24, 2.45) is 40.9 Å². The molecule has 2 heterocycles. The van der Waals surface area contributed by atoms with Crippen molar-refractivity contribution < 1.29 is 18.9 Å². The van der Waals surface area contributed by atoms with Gasteiger partial charge in [0.25, 0.3) is 0 Å². The molecule has 6 saturated carbocycles. The first-order valence-electron chi connectivity index (χ1n) is 9.45. The highest BCUT2D eigenvalue weighted by Crippen LogP contribution is 3.01. The Balaban J connectivity index is 1.44. The summed E-state index contributed by atoms with van der Waals surface area (Å²) < 4.78 is 25.7. The Kier molecular flexibility index (Phi) is 2.10. The summed E-state index contributed by atoms with van der Waals surface area (Å²) >= 11 is 4.19. The van der Waals surface area contributed by atoms with E-state index < -0.39 is 0 Å². The Morgan fingerprint density at radius 2 is 1.30 bits per heavy atom. The molecule has 4 nitrogen and oxygen atoms in total. The predicted molar refractivity (Wildman–Crippen MR) is 83.8 cm³/mol. The van der Waals surface area contributed by atoms with Crippen LogP contribution >= 0.6 is 15.9 Å². The molecule has 4 bridgehead atoms. The van der Waals surface area contributed by atoms with E-state index in [4.69, 9.17) is 18.9 Å². The largest absolute Gasteiger partial charge is 0.347 e. The number of halogens is 1. The highest BCUT2D eigenvalue weighted by molar-refractivity contribution is 9.10. The maximum absolute atomic E-state index is 6.48. The highest BCUT2D eigenvalue weighted by Gasteiger charge is 3.07. The second-order valence-corrected chi connectivity index (χ2v) is 10.1. The molecule has 126 valence electrons. The zero-order valence-corrected chi connectivity index (χ0v) is 15.0. The number of unbranched alkanes of at least 4 members (excludes halogenated alkanes) is 1. The van der Waals surface area contributed by atoms with E-state index in [0.717, 1.165) is 38.3 Å². The Bertz CT molecular complexity index is 612. The van der Waals surface area contributed by atoms with Gasteiger partial charge in [-0.1, -0.05) is 35.7 Å². The van der Waals surface area contributed by atoms with E-state index in [1.807, 2.05) is 0 Å². The van der Waals surface area contributed by atoms with Gasteiger partial charge >= 0.3 is 0 Å². The van der Waals surface area contributed by atoms with Crippen molar-refractivity contribution in [1.29, 1.82) is 0 Å². The van der Waals surface area contributed by atoms with E-state index in [2.05, 4.69) is 22.9 Å². The minimum atomic E-state index is -0.388. The van der Waals surface area contributed by atoms with Crippen LogP contribution in [0.1, 0.15) is 26.2 Å². The Morgan fingerprint density at radius 3 is 1.96 bits per heavy atom. The van der Waals surface area contributed by atoms with E-state index >= 15 is 0 Å². The van der Waals surface area contributed by atoms with Crippen LogP contribution in [-0.4, -0.2) is 42.3 Å². The lowest BCUT2D eigenvalue weighted by molar-refractivity contribution is -0.300. The fourth-order valence-corrected chi connectivity index (χ4v) is 10.7. The molecule has 8 aliphatic rings. The van der Waals surface area contributed by atoms with Gasteiger partial charge in [0.05, 0.1) is 30.8 Å². The van der Waals surface area contributed by atoms with Crippen molar-refractivity contribution >= 4 is 15.9 Å². The first-order valence-corrected chi connectivity index (χ1v) is 10.2. The predicted octanol–water partition coefficient (Wildman–Crippen LogP) is 2.55. The molecule has 8 fully saturated rings. The molecule has 8 atom stereocenters. The maximum Gasteiger partial charge on any atom is 0.187 e. The van der Waals surface area contributed by atoms with Gasteiger partial charge in [0.2, 0.25) is 0 Å². The van der Waals surface area contributed by atoms with Crippen molar-refractivity contribution in [2.45, 2.75) is 42.1 Å². The third-order valence-corrected chi connectivity index (χ3v) is 10.5. The SMILES string of the molecule is CCCC[C@@]12[C@H]3[C@@H]4[C@@H]1[C@@H]1[C@@H]([C@@H]3[C@]4(Br)C13OCCO3)C21OCCO1. The summed E-state index contributed by atoms with van der Waals surface area (Å²) in [7, 11) is 0. The molecule has 23 heavy (non-hydrogen) atoms. The lowest BCUT2D eigenvalue weighted by Crippen LogP contribution is -2.75. The molecular formula is C18H23BrO4. The molecule has 2 aliphatic heterocycles. The van der Waals surface area contributed by atoms with E-state index in [1.165, 1.54) is 19.3 Å². The van der Waals surface area contributed by atoms with Gasteiger partial charge < -0.3 is 18.9 Å². The van der Waals surface area contributed by atoms with Crippen molar-refractivity contribution in [3.63, 3.8) is 0 Å². The molecule has 8 rings (SSSR count). The molecular weight excluding hydrogens is 360 g/mol. The molecule has 0 N–H and O–H groups in total. The lowest BCUT2D eigenvalue weighted by atomic mass is 9.34. The molecule has 2 saturated heterocycles. The van der Waals surface area contributed by atoms with Crippen LogP contribution in [0.2, 0.25) is 0 Å². The van der Waals surface area contributed by atoms with Crippen LogP contribution in [0.3, 0.4) is 0 Å². The minimum Gasteiger partial charge on any atom is -0.347 e. The molecule has 0 aromatic rings. The van der Waals surface area contributed by atoms with Crippen LogP contribution in [0.25, 0.3) is 0 Å². The third-order valence-electron chi connectivity index (χ3n) is 8.92. The minimum absolute atomic E-state index is 0.0374. The topological polar surface area (TPSA) is 36.9 Å². The van der Waals surface area contributed by atoms with Crippen LogP contribution in [0.5, 0.6) is 0 Å². The van der Waals surface area contributed by atoms with Crippen molar-refractivity contribution in [1.82, 2.24) is 0 Å². The Labute approximate surface area is 144 Å². The number of hydrogen-bond donors (Lipinski definition) is 0. The lowest BCUT2D eigenvalue weighted by Gasteiger charge is -2.72. The molecule has 0 aromatic heterocycles. The summed E-state index contributed by atoms with van der Waals surface area (Å²) in [6, 6.07) is 0. The number of rotatable bonds is 3. The van der Waals surface area contributed by atoms with Gasteiger partial charge in [0, 0.05) is 17.3 Å². The third kappa shape index (κ3) is 0.898. The first kappa shape index (κ1) is 13.5. The van der Waals surface area contributed by atoms with Gasteiger partial charge in [-0.15, -0.1) is 0 Å². The molecule has 0 amide bonds. The average Bonchev–Trinajstić information content (AvgIpc) is 3.31. The van der Waals surface area contributed by atoms with E-state index in [1.54, 1.807) is 0 Å². The fraction of sp³-hybridized carbons (Fsp3) is 1.00. The van der Waals surface area contributed by atoms with Crippen LogP contribution in [0.4, 0.5) is 0 Å². The average molecular weight is 383 g/mol. The Hall–Kier alpha value is 0.320. The first-order chi connectivity index (χ1) is 11.2. The summed E-state index contributed by atoms with van der Waals surface area (Å²) in [6.45, 7) is 5.30. The summed E-state index contributed by atoms with van der Waals surface area (Å²) in [6.07, 6.45) is 3.79.